The molecular formula is C47H47N5O7. The Morgan fingerprint density at radius 2 is 1.34 bits per heavy atom. The first-order chi connectivity index (χ1) is 28.2. The lowest BCUT2D eigenvalue weighted by Gasteiger charge is -2.38. The van der Waals surface area contributed by atoms with Gasteiger partial charge in [0.2, 0.25) is 5.91 Å². The second-order valence-electron chi connectivity index (χ2n) is 16.8. The van der Waals surface area contributed by atoms with E-state index in [1.54, 1.807) is 57.2 Å². The number of hydrogen-bond acceptors (Lipinski definition) is 8. The molecule has 59 heavy (non-hydrogen) atoms. The molecule has 2 heterocycles. The number of imide groups is 1. The Balaban J connectivity index is 1.04. The Kier molecular flexibility index (Phi) is 10.2. The molecular weight excluding hydrogens is 747 g/mol. The van der Waals surface area contributed by atoms with Gasteiger partial charge in [0.05, 0.1) is 0 Å². The predicted octanol–water partition coefficient (Wildman–Crippen LogP) is 7.16. The molecule has 2 aliphatic rings. The van der Waals surface area contributed by atoms with Gasteiger partial charge >= 0.3 is 6.09 Å². The molecule has 0 saturated carbocycles. The van der Waals surface area contributed by atoms with Crippen LogP contribution >= 0.6 is 0 Å². The summed E-state index contributed by atoms with van der Waals surface area (Å²) < 4.78 is 5.47. The summed E-state index contributed by atoms with van der Waals surface area (Å²) in [6, 6.07) is 23.5. The van der Waals surface area contributed by atoms with Gasteiger partial charge in [-0.15, -0.1) is 0 Å². The van der Waals surface area contributed by atoms with Crippen molar-refractivity contribution in [2.24, 2.45) is 5.92 Å². The molecule has 0 radical (unpaired) electrons. The van der Waals surface area contributed by atoms with Gasteiger partial charge in [-0.3, -0.25) is 28.9 Å². The Bertz CT molecular complexity index is 2600. The van der Waals surface area contributed by atoms with Crippen molar-refractivity contribution in [3.8, 4) is 0 Å². The van der Waals surface area contributed by atoms with E-state index >= 15 is 0 Å². The lowest BCUT2D eigenvalue weighted by atomic mass is 9.84. The summed E-state index contributed by atoms with van der Waals surface area (Å²) in [4.78, 5) is 83.4. The standard InChI is InChI=1S/C47H47N5O7/c1-27(2)25-37(49-46(58)59-47(3,4)5)45(57)51-23-21-50(22-24-51)38-18-17-31-33-14-16-36-41-35(15-13-32(40(33)41)30-7-6-8-34(38)39(30)31)43(55)52(44(36)56)20-19-48-42(54)29-11-9-28(26-53)10-12-29/h6-18,26-27,37H,19-25H2,1-5H3,(H,48,54)(H,49,58)/t37-/m0/s1. The lowest BCUT2D eigenvalue weighted by Crippen LogP contribution is -2.55. The number of carbonyl (C=O) groups excluding carboxylic acids is 6. The average molecular weight is 794 g/mol. The molecule has 12 heteroatoms. The summed E-state index contributed by atoms with van der Waals surface area (Å²) in [6.07, 6.45) is 0.611. The maximum Gasteiger partial charge on any atom is 0.408 e. The van der Waals surface area contributed by atoms with Crippen molar-refractivity contribution in [1.82, 2.24) is 20.4 Å². The van der Waals surface area contributed by atoms with Crippen molar-refractivity contribution in [3.05, 3.63) is 101 Å². The third-order valence-electron chi connectivity index (χ3n) is 11.3. The highest BCUT2D eigenvalue weighted by atomic mass is 16.6. The van der Waals surface area contributed by atoms with Gasteiger partial charge in [-0.1, -0.05) is 62.4 Å². The summed E-state index contributed by atoms with van der Waals surface area (Å²) in [5, 5.41) is 13.2. The smallest absolute Gasteiger partial charge is 0.408 e. The number of fused-ring (bicyclic) bond motifs is 2. The molecule has 1 saturated heterocycles. The SMILES string of the molecule is CC(C)C[C@H](NC(=O)OC(C)(C)C)C(=O)N1CCN(c2ccc3c4ccc5c6c(ccc(c7cccc2c73)c64)C(=O)N(CCNC(=O)c2ccc(C=O)cc2)C5=O)CC1. The number of carbonyl (C=O) groups is 6. The van der Waals surface area contributed by atoms with Crippen LogP contribution in [-0.4, -0.2) is 96.7 Å². The lowest BCUT2D eigenvalue weighted by molar-refractivity contribution is -0.134. The maximum atomic E-state index is 14.0. The molecule has 8 rings (SSSR count). The summed E-state index contributed by atoms with van der Waals surface area (Å²) in [5.74, 6) is -1.11. The molecule has 2 N–H and O–H groups in total. The number of alkyl carbamates (subject to hydrolysis) is 1. The predicted molar refractivity (Wildman–Crippen MR) is 229 cm³/mol. The highest BCUT2D eigenvalue weighted by Gasteiger charge is 2.35. The van der Waals surface area contributed by atoms with E-state index in [4.69, 9.17) is 4.74 Å². The van der Waals surface area contributed by atoms with Gasteiger partial charge in [0.1, 0.15) is 17.9 Å². The van der Waals surface area contributed by atoms with Crippen molar-refractivity contribution in [2.45, 2.75) is 52.7 Å². The number of hydrogen-bond donors (Lipinski definition) is 2. The largest absolute Gasteiger partial charge is 0.444 e. The second-order valence-corrected chi connectivity index (χ2v) is 16.8. The zero-order chi connectivity index (χ0) is 41.7. The number of nitrogens with one attached hydrogen (secondary N) is 2. The van der Waals surface area contributed by atoms with Gasteiger partial charge < -0.3 is 25.2 Å². The van der Waals surface area contributed by atoms with Crippen LogP contribution in [0.5, 0.6) is 0 Å². The minimum atomic E-state index is -0.678. The van der Waals surface area contributed by atoms with Gasteiger partial charge in [-0.05, 0) is 95.8 Å². The van der Waals surface area contributed by atoms with Crippen molar-refractivity contribution in [3.63, 3.8) is 0 Å². The van der Waals surface area contributed by atoms with Crippen molar-refractivity contribution >= 4 is 84.8 Å². The first-order valence-electron chi connectivity index (χ1n) is 20.1. The number of nitrogens with zero attached hydrogens (tertiary/aromatic N) is 3. The number of amides is 5. The number of piperazine rings is 1. The monoisotopic (exact) mass is 793 g/mol. The third kappa shape index (κ3) is 7.28. The molecule has 1 atom stereocenters. The number of aldehydes is 1. The summed E-state index contributed by atoms with van der Waals surface area (Å²) >= 11 is 0. The van der Waals surface area contributed by atoms with Gasteiger partial charge in [0.25, 0.3) is 17.7 Å². The third-order valence-corrected chi connectivity index (χ3v) is 11.3. The average Bonchev–Trinajstić information content (AvgIpc) is 3.21. The summed E-state index contributed by atoms with van der Waals surface area (Å²) in [6.45, 7) is 11.7. The quantitative estimate of drug-likeness (QED) is 0.0644. The fraction of sp³-hybridized carbons (Fsp3) is 0.319. The van der Waals surface area contributed by atoms with E-state index in [1.165, 1.54) is 4.90 Å². The van der Waals surface area contributed by atoms with E-state index in [2.05, 4.69) is 39.8 Å². The molecule has 0 spiro atoms. The van der Waals surface area contributed by atoms with Crippen LogP contribution in [0, 0.1) is 5.92 Å². The van der Waals surface area contributed by atoms with Crippen LogP contribution < -0.4 is 15.5 Å². The van der Waals surface area contributed by atoms with Crippen LogP contribution in [0.1, 0.15) is 82.5 Å². The summed E-state index contributed by atoms with van der Waals surface area (Å²) in [5.41, 5.74) is 2.09. The molecule has 0 bridgehead atoms. The minimum absolute atomic E-state index is 0.00486. The first kappa shape index (κ1) is 39.3. The number of ether oxygens (including phenoxy) is 1. The van der Waals surface area contributed by atoms with Crippen LogP contribution in [0.25, 0.3) is 43.1 Å². The number of rotatable bonds is 10. The fourth-order valence-electron chi connectivity index (χ4n) is 8.63. The second kappa shape index (κ2) is 15.3. The van der Waals surface area contributed by atoms with E-state index in [1.807, 2.05) is 36.9 Å². The van der Waals surface area contributed by atoms with Crippen molar-refractivity contribution in [2.75, 3.05) is 44.2 Å². The normalized spacial score (nSPS) is 15.1. The van der Waals surface area contributed by atoms with Gasteiger partial charge in [-0.25, -0.2) is 4.79 Å². The molecule has 6 aromatic carbocycles. The van der Waals surface area contributed by atoms with Crippen LogP contribution in [0.3, 0.4) is 0 Å². The Hall–Kier alpha value is -6.56. The van der Waals surface area contributed by atoms with Crippen LogP contribution in [0.4, 0.5) is 10.5 Å². The topological polar surface area (TPSA) is 145 Å². The van der Waals surface area contributed by atoms with Crippen LogP contribution in [0.15, 0.2) is 78.9 Å². The van der Waals surface area contributed by atoms with Gasteiger partial charge in [-0.2, -0.15) is 0 Å². The van der Waals surface area contributed by atoms with Gasteiger partial charge in [0.15, 0.2) is 0 Å². The Labute approximate surface area is 341 Å². The molecule has 12 nitrogen and oxygen atoms in total. The fourth-order valence-corrected chi connectivity index (χ4v) is 8.63. The maximum absolute atomic E-state index is 14.0. The minimum Gasteiger partial charge on any atom is -0.444 e. The van der Waals surface area contributed by atoms with E-state index in [0.717, 1.165) is 43.4 Å². The van der Waals surface area contributed by atoms with E-state index < -0.39 is 29.6 Å². The first-order valence-corrected chi connectivity index (χ1v) is 20.1. The number of anilines is 1. The van der Waals surface area contributed by atoms with E-state index in [-0.39, 0.29) is 30.8 Å². The number of benzene rings is 6. The van der Waals surface area contributed by atoms with Crippen molar-refractivity contribution in [1.29, 1.82) is 0 Å². The van der Waals surface area contributed by atoms with Gasteiger partial charge in [0, 0.05) is 78.0 Å². The molecule has 0 unspecified atom stereocenters. The highest BCUT2D eigenvalue weighted by Crippen LogP contribution is 2.45. The molecule has 0 aliphatic carbocycles. The summed E-state index contributed by atoms with van der Waals surface area (Å²) in [7, 11) is 0. The molecule has 302 valence electrons. The van der Waals surface area contributed by atoms with Crippen LogP contribution in [0.2, 0.25) is 0 Å². The molecule has 2 aliphatic heterocycles. The molecule has 0 aromatic heterocycles. The molecule has 5 amide bonds. The Morgan fingerprint density at radius 1 is 0.746 bits per heavy atom. The van der Waals surface area contributed by atoms with Crippen LogP contribution in [-0.2, 0) is 9.53 Å². The molecule has 1 fully saturated rings. The molecule has 6 aromatic rings. The zero-order valence-electron chi connectivity index (χ0n) is 33.9. The van der Waals surface area contributed by atoms with E-state index in [9.17, 15) is 28.8 Å². The Morgan fingerprint density at radius 3 is 1.95 bits per heavy atom. The zero-order valence-corrected chi connectivity index (χ0v) is 33.9. The highest BCUT2D eigenvalue weighted by molar-refractivity contribution is 6.38. The van der Waals surface area contributed by atoms with Crippen molar-refractivity contribution < 1.29 is 33.5 Å². The van der Waals surface area contributed by atoms with E-state index in [0.29, 0.717) is 66.5 Å².